The molecule has 0 amide bonds. The quantitative estimate of drug-likeness (QED) is 0.445. The van der Waals surface area contributed by atoms with Crippen molar-refractivity contribution in [3.05, 3.63) is 11.6 Å². The molecule has 2 aliphatic carbocycles. The summed E-state index contributed by atoms with van der Waals surface area (Å²) in [7, 11) is 0. The zero-order valence-electron chi connectivity index (χ0n) is 15.1. The summed E-state index contributed by atoms with van der Waals surface area (Å²) in [4.78, 5) is 0. The van der Waals surface area contributed by atoms with Crippen LogP contribution in [-0.2, 0) is 0 Å². The maximum atomic E-state index is 2.63. The fourth-order valence-electron chi connectivity index (χ4n) is 5.35. The number of fused-ring (bicyclic) bond motifs is 1. The molecule has 0 aromatic carbocycles. The van der Waals surface area contributed by atoms with Crippen LogP contribution in [0.2, 0.25) is 0 Å². The Balaban J connectivity index is 2.47. The van der Waals surface area contributed by atoms with Crippen molar-refractivity contribution >= 4 is 0 Å². The average Bonchev–Trinajstić information content (AvgIpc) is 2.25. The second-order valence-corrected chi connectivity index (χ2v) is 10.0. The number of rotatable bonds is 0. The molecule has 0 N–H and O–H groups in total. The summed E-state index contributed by atoms with van der Waals surface area (Å²) in [6.45, 7) is 19.8. The molecule has 116 valence electrons. The largest absolute Gasteiger partial charge is 0.0845 e. The van der Waals surface area contributed by atoms with Gasteiger partial charge in [0.1, 0.15) is 0 Å². The van der Waals surface area contributed by atoms with Crippen molar-refractivity contribution in [1.82, 2.24) is 0 Å². The molecule has 0 heterocycles. The molecule has 0 saturated heterocycles. The van der Waals surface area contributed by atoms with Crippen LogP contribution < -0.4 is 0 Å². The summed E-state index contributed by atoms with van der Waals surface area (Å²) >= 11 is 0. The van der Waals surface area contributed by atoms with Gasteiger partial charge in [0.25, 0.3) is 0 Å². The number of hydrogen-bond donors (Lipinski definition) is 0. The highest BCUT2D eigenvalue weighted by Crippen LogP contribution is 2.61. The van der Waals surface area contributed by atoms with Crippen molar-refractivity contribution in [1.29, 1.82) is 0 Å². The van der Waals surface area contributed by atoms with E-state index in [-0.39, 0.29) is 0 Å². The SMILES string of the molecule is C[C@H]1CC[C@@]2(C)C(=CCC(C(C)(C)C)C2C(C)(C)C)C1. The minimum absolute atomic E-state index is 0.396. The van der Waals surface area contributed by atoms with Gasteiger partial charge in [0.2, 0.25) is 0 Å². The molecule has 0 nitrogen and oxygen atoms in total. The first-order valence-corrected chi connectivity index (χ1v) is 8.66. The van der Waals surface area contributed by atoms with Gasteiger partial charge in [0.15, 0.2) is 0 Å². The lowest BCUT2D eigenvalue weighted by molar-refractivity contribution is -0.0335. The lowest BCUT2D eigenvalue weighted by Crippen LogP contribution is -2.50. The standard InChI is InChI=1S/C20H36/c1-14-11-12-20(8)15(13-14)9-10-16(18(2,3)4)17(20)19(5,6)7/h9,14,16-17H,10-13H2,1-8H3/t14-,16?,17?,20-/m0/s1. The van der Waals surface area contributed by atoms with Gasteiger partial charge in [-0.15, -0.1) is 0 Å². The summed E-state index contributed by atoms with van der Waals surface area (Å²) in [6.07, 6.45) is 8.09. The van der Waals surface area contributed by atoms with Crippen molar-refractivity contribution in [3.8, 4) is 0 Å². The molecule has 4 atom stereocenters. The van der Waals surface area contributed by atoms with Crippen molar-refractivity contribution < 1.29 is 0 Å². The van der Waals surface area contributed by atoms with Crippen LogP contribution in [0.15, 0.2) is 11.6 Å². The Morgan fingerprint density at radius 1 is 1.05 bits per heavy atom. The zero-order valence-corrected chi connectivity index (χ0v) is 15.1. The van der Waals surface area contributed by atoms with Gasteiger partial charge in [0, 0.05) is 0 Å². The topological polar surface area (TPSA) is 0 Å². The molecule has 0 radical (unpaired) electrons. The molecule has 1 fully saturated rings. The van der Waals surface area contributed by atoms with Crippen LogP contribution in [0.3, 0.4) is 0 Å². The molecule has 0 aliphatic heterocycles. The predicted molar refractivity (Wildman–Crippen MR) is 89.7 cm³/mol. The van der Waals surface area contributed by atoms with Crippen LogP contribution in [-0.4, -0.2) is 0 Å². The molecule has 20 heavy (non-hydrogen) atoms. The van der Waals surface area contributed by atoms with Crippen LogP contribution in [0.5, 0.6) is 0 Å². The maximum absolute atomic E-state index is 2.63. The van der Waals surface area contributed by atoms with Gasteiger partial charge < -0.3 is 0 Å². The first-order valence-electron chi connectivity index (χ1n) is 8.66. The summed E-state index contributed by atoms with van der Waals surface area (Å²) in [5, 5.41) is 0. The summed E-state index contributed by atoms with van der Waals surface area (Å²) in [5.41, 5.74) is 3.04. The van der Waals surface area contributed by atoms with Crippen molar-refractivity contribution in [2.75, 3.05) is 0 Å². The van der Waals surface area contributed by atoms with Gasteiger partial charge in [-0.3, -0.25) is 0 Å². The molecular formula is C20H36. The van der Waals surface area contributed by atoms with Gasteiger partial charge in [-0.1, -0.05) is 67.0 Å². The Bertz CT molecular complexity index is 387. The minimum Gasteiger partial charge on any atom is -0.0845 e. The summed E-state index contributed by atoms with van der Waals surface area (Å²) < 4.78 is 0. The average molecular weight is 277 g/mol. The van der Waals surface area contributed by atoms with E-state index in [0.29, 0.717) is 16.2 Å². The van der Waals surface area contributed by atoms with E-state index >= 15 is 0 Å². The van der Waals surface area contributed by atoms with E-state index in [1.807, 2.05) is 0 Å². The van der Waals surface area contributed by atoms with E-state index in [0.717, 1.165) is 17.8 Å². The van der Waals surface area contributed by atoms with E-state index in [2.05, 4.69) is 61.5 Å². The first kappa shape index (κ1) is 16.1. The molecule has 0 spiro atoms. The summed E-state index contributed by atoms with van der Waals surface area (Å²) in [6, 6.07) is 0. The molecule has 2 unspecified atom stereocenters. The molecular weight excluding hydrogens is 240 g/mol. The molecule has 0 aromatic rings. The van der Waals surface area contributed by atoms with Crippen LogP contribution in [0.25, 0.3) is 0 Å². The fourth-order valence-corrected chi connectivity index (χ4v) is 5.35. The number of allylic oxidation sites excluding steroid dienone is 2. The smallest absolute Gasteiger partial charge is 0.00800 e. The maximum Gasteiger partial charge on any atom is -0.00800 e. The Morgan fingerprint density at radius 2 is 1.65 bits per heavy atom. The van der Waals surface area contributed by atoms with E-state index in [1.165, 1.54) is 25.7 Å². The second kappa shape index (κ2) is 4.89. The Labute approximate surface area is 127 Å². The van der Waals surface area contributed by atoms with Crippen molar-refractivity contribution in [2.45, 2.75) is 81.1 Å². The van der Waals surface area contributed by atoms with Crippen LogP contribution in [0.1, 0.15) is 81.1 Å². The van der Waals surface area contributed by atoms with Crippen LogP contribution in [0, 0.1) is 34.0 Å². The minimum atomic E-state index is 0.396. The lowest BCUT2D eigenvalue weighted by atomic mass is 9.47. The van der Waals surface area contributed by atoms with Gasteiger partial charge in [-0.25, -0.2) is 0 Å². The van der Waals surface area contributed by atoms with Crippen LogP contribution in [0.4, 0.5) is 0 Å². The Hall–Kier alpha value is -0.260. The van der Waals surface area contributed by atoms with Gasteiger partial charge >= 0.3 is 0 Å². The monoisotopic (exact) mass is 276 g/mol. The van der Waals surface area contributed by atoms with Gasteiger partial charge in [-0.05, 0) is 59.7 Å². The lowest BCUT2D eigenvalue weighted by Gasteiger charge is -2.58. The summed E-state index contributed by atoms with van der Waals surface area (Å²) in [5.74, 6) is 2.51. The third kappa shape index (κ3) is 2.72. The highest BCUT2D eigenvalue weighted by molar-refractivity contribution is 5.24. The van der Waals surface area contributed by atoms with E-state index in [4.69, 9.17) is 0 Å². The van der Waals surface area contributed by atoms with E-state index in [9.17, 15) is 0 Å². The van der Waals surface area contributed by atoms with E-state index < -0.39 is 0 Å². The van der Waals surface area contributed by atoms with Crippen LogP contribution >= 0.6 is 0 Å². The van der Waals surface area contributed by atoms with E-state index in [1.54, 1.807) is 5.57 Å². The van der Waals surface area contributed by atoms with Crippen molar-refractivity contribution in [2.24, 2.45) is 34.0 Å². The number of hydrogen-bond acceptors (Lipinski definition) is 0. The molecule has 2 aliphatic rings. The Kier molecular flexibility index (Phi) is 3.94. The zero-order chi connectivity index (χ0) is 15.3. The molecule has 2 rings (SSSR count). The normalized spacial score (nSPS) is 39.2. The third-order valence-electron chi connectivity index (χ3n) is 6.21. The second-order valence-electron chi connectivity index (χ2n) is 10.0. The molecule has 0 aromatic heterocycles. The van der Waals surface area contributed by atoms with Gasteiger partial charge in [0.05, 0.1) is 0 Å². The highest BCUT2D eigenvalue weighted by atomic mass is 14.6. The Morgan fingerprint density at radius 3 is 2.15 bits per heavy atom. The van der Waals surface area contributed by atoms with Gasteiger partial charge in [-0.2, -0.15) is 0 Å². The molecule has 1 saturated carbocycles. The van der Waals surface area contributed by atoms with Crippen molar-refractivity contribution in [3.63, 3.8) is 0 Å². The third-order valence-corrected chi connectivity index (χ3v) is 6.21. The highest BCUT2D eigenvalue weighted by Gasteiger charge is 2.52. The predicted octanol–water partition coefficient (Wildman–Crippen LogP) is 6.47. The first-order chi connectivity index (χ1) is 8.96. The molecule has 0 heteroatoms. The fraction of sp³-hybridized carbons (Fsp3) is 0.900. The molecule has 0 bridgehead atoms.